The molecule has 0 atom stereocenters. The van der Waals surface area contributed by atoms with Crippen molar-refractivity contribution in [2.24, 2.45) is 7.05 Å². The van der Waals surface area contributed by atoms with Gasteiger partial charge in [-0.2, -0.15) is 0 Å². The minimum atomic E-state index is -0.368. The van der Waals surface area contributed by atoms with Crippen molar-refractivity contribution in [1.82, 2.24) is 10.3 Å². The smallest absolute Gasteiger partial charge is 0.302 e. The van der Waals surface area contributed by atoms with Gasteiger partial charge in [-0.15, -0.1) is 11.3 Å². The topological polar surface area (TPSA) is 97.9 Å². The molecule has 0 unspecified atom stereocenters. The van der Waals surface area contributed by atoms with Crippen molar-refractivity contribution in [1.29, 1.82) is 0 Å². The molecule has 0 saturated heterocycles. The number of anilines is 2. The van der Waals surface area contributed by atoms with E-state index in [0.29, 0.717) is 15.4 Å². The van der Waals surface area contributed by atoms with Crippen molar-refractivity contribution < 1.29 is 14.0 Å². The molecule has 0 saturated carbocycles. The summed E-state index contributed by atoms with van der Waals surface area (Å²) in [4.78, 5) is 19.1. The molecule has 0 spiro atoms. The highest BCUT2D eigenvalue weighted by atomic mass is 32.1. The molecule has 35 heavy (non-hydrogen) atoms. The predicted molar refractivity (Wildman–Crippen MR) is 138 cm³/mol. The van der Waals surface area contributed by atoms with Gasteiger partial charge in [-0.1, -0.05) is 77.5 Å². The summed E-state index contributed by atoms with van der Waals surface area (Å²) >= 11 is 1.26. The van der Waals surface area contributed by atoms with Crippen molar-refractivity contribution in [3.63, 3.8) is 0 Å². The van der Waals surface area contributed by atoms with Crippen molar-refractivity contribution in [2.75, 3.05) is 11.1 Å². The summed E-state index contributed by atoms with van der Waals surface area (Å²) in [5, 5.41) is 9.48. The zero-order valence-electron chi connectivity index (χ0n) is 18.7. The van der Waals surface area contributed by atoms with Crippen LogP contribution in [0.5, 0.6) is 0 Å². The second-order valence-electron chi connectivity index (χ2n) is 8.17. The van der Waals surface area contributed by atoms with Gasteiger partial charge in [-0.05, 0) is 28.0 Å². The maximum absolute atomic E-state index is 13.1. The van der Waals surface area contributed by atoms with Crippen LogP contribution in [-0.2, 0) is 7.05 Å². The maximum atomic E-state index is 13.1. The number of nitrogens with zero attached hydrogens (tertiary/aromatic N) is 3. The Kier molecular flexibility index (Phi) is 5.00. The number of thiophene rings is 1. The average Bonchev–Trinajstić information content (AvgIpc) is 3.45. The molecule has 0 aliphatic carbocycles. The second kappa shape index (κ2) is 8.34. The van der Waals surface area contributed by atoms with Crippen LogP contribution >= 0.6 is 11.3 Å². The number of carbonyl (C=O) groups excluding carboxylic acids is 1. The Hall–Kier alpha value is -4.56. The number of hydrogen-bond acceptors (Lipinski definition) is 6. The lowest BCUT2D eigenvalue weighted by Crippen LogP contribution is -2.28. The first-order chi connectivity index (χ1) is 17.1. The summed E-state index contributed by atoms with van der Waals surface area (Å²) in [5.41, 5.74) is 10.7. The number of carbonyl (C=O) groups is 1. The van der Waals surface area contributed by atoms with Gasteiger partial charge in [0.15, 0.2) is 12.3 Å². The molecule has 170 valence electrons. The molecule has 6 aromatic rings. The van der Waals surface area contributed by atoms with Gasteiger partial charge in [-0.25, -0.2) is 4.98 Å². The van der Waals surface area contributed by atoms with E-state index in [-0.39, 0.29) is 11.8 Å². The van der Waals surface area contributed by atoms with E-state index < -0.39 is 0 Å². The van der Waals surface area contributed by atoms with Gasteiger partial charge in [-0.3, -0.25) is 14.6 Å². The van der Waals surface area contributed by atoms with Crippen molar-refractivity contribution in [2.45, 2.75) is 0 Å². The number of amides is 1. The number of pyridine rings is 1. The molecule has 0 radical (unpaired) electrons. The standard InChI is InChI=1S/C27H19N5O2S/c1-32-15-22(34-31-32)30-26(33)25-24(28)23-20(17-8-3-2-4-9-17)14-21(29-27(23)35-25)19-13-7-11-16-10-5-6-12-18(16)19/h2-15H,1H3,(H2-,28,30,31,33)/p+1. The summed E-state index contributed by atoms with van der Waals surface area (Å²) in [6, 6.07) is 26.5. The van der Waals surface area contributed by atoms with E-state index in [4.69, 9.17) is 15.2 Å². The van der Waals surface area contributed by atoms with Gasteiger partial charge < -0.3 is 5.73 Å². The molecule has 0 aliphatic rings. The van der Waals surface area contributed by atoms with Gasteiger partial charge in [0.1, 0.15) is 9.71 Å². The normalized spacial score (nSPS) is 11.2. The third-order valence-electron chi connectivity index (χ3n) is 5.86. The van der Waals surface area contributed by atoms with Gasteiger partial charge in [0.25, 0.3) is 12.1 Å². The molecule has 1 amide bonds. The number of nitrogens with one attached hydrogen (secondary N) is 1. The van der Waals surface area contributed by atoms with Crippen LogP contribution in [0.25, 0.3) is 43.4 Å². The molecule has 6 rings (SSSR count). The first-order valence-electron chi connectivity index (χ1n) is 11.0. The summed E-state index contributed by atoms with van der Waals surface area (Å²) in [6.45, 7) is 0. The van der Waals surface area contributed by atoms with Crippen LogP contribution in [0, 0.1) is 0 Å². The van der Waals surface area contributed by atoms with E-state index in [1.54, 1.807) is 13.2 Å². The lowest BCUT2D eigenvalue weighted by atomic mass is 9.97. The van der Waals surface area contributed by atoms with Gasteiger partial charge in [0.2, 0.25) is 0 Å². The van der Waals surface area contributed by atoms with Crippen LogP contribution in [0.1, 0.15) is 9.67 Å². The Morgan fingerprint density at radius 2 is 1.77 bits per heavy atom. The fourth-order valence-corrected chi connectivity index (χ4v) is 5.29. The van der Waals surface area contributed by atoms with E-state index >= 15 is 0 Å². The first-order valence-corrected chi connectivity index (χ1v) is 11.8. The van der Waals surface area contributed by atoms with E-state index in [1.165, 1.54) is 16.0 Å². The quantitative estimate of drug-likeness (QED) is 0.329. The highest BCUT2D eigenvalue weighted by Gasteiger charge is 2.23. The van der Waals surface area contributed by atoms with Gasteiger partial charge in [0.05, 0.1) is 11.4 Å². The highest BCUT2D eigenvalue weighted by molar-refractivity contribution is 7.21. The Morgan fingerprint density at radius 1 is 1.00 bits per heavy atom. The van der Waals surface area contributed by atoms with Crippen LogP contribution in [0.2, 0.25) is 0 Å². The summed E-state index contributed by atoms with van der Waals surface area (Å²) in [7, 11) is 1.71. The number of aromatic nitrogens is 3. The molecular formula is C27H20N5O2S+. The molecule has 0 fully saturated rings. The number of aryl methyl sites for hydroxylation is 1. The fraction of sp³-hybridized carbons (Fsp3) is 0.0370. The van der Waals surface area contributed by atoms with Crippen LogP contribution in [0.15, 0.2) is 89.6 Å². The molecule has 0 aliphatic heterocycles. The van der Waals surface area contributed by atoms with E-state index in [9.17, 15) is 4.79 Å². The Morgan fingerprint density at radius 3 is 2.57 bits per heavy atom. The largest absolute Gasteiger partial charge is 0.397 e. The molecule has 3 aromatic carbocycles. The third-order valence-corrected chi connectivity index (χ3v) is 6.96. The van der Waals surface area contributed by atoms with Crippen LogP contribution < -0.4 is 15.7 Å². The second-order valence-corrected chi connectivity index (χ2v) is 9.17. The zero-order valence-corrected chi connectivity index (χ0v) is 19.5. The molecule has 8 heteroatoms. The summed E-state index contributed by atoms with van der Waals surface area (Å²) in [6.07, 6.45) is 1.58. The average molecular weight is 479 g/mol. The summed E-state index contributed by atoms with van der Waals surface area (Å²) in [5.74, 6) is -0.130. The van der Waals surface area contributed by atoms with Gasteiger partial charge in [0, 0.05) is 10.9 Å². The molecule has 3 aromatic heterocycles. The monoisotopic (exact) mass is 478 g/mol. The summed E-state index contributed by atoms with van der Waals surface area (Å²) < 4.78 is 6.58. The minimum Gasteiger partial charge on any atom is -0.397 e. The number of nitrogens with two attached hydrogens (primary N) is 1. The number of nitrogen functional groups attached to an aromatic ring is 1. The van der Waals surface area contributed by atoms with E-state index in [0.717, 1.165) is 38.5 Å². The lowest BCUT2D eigenvalue weighted by Gasteiger charge is -2.11. The molecule has 3 heterocycles. The molecular weight excluding hydrogens is 458 g/mol. The van der Waals surface area contributed by atoms with E-state index in [2.05, 4.69) is 40.9 Å². The fourth-order valence-electron chi connectivity index (χ4n) is 4.27. The highest BCUT2D eigenvalue weighted by Crippen LogP contribution is 2.42. The maximum Gasteiger partial charge on any atom is 0.302 e. The predicted octanol–water partition coefficient (Wildman–Crippen LogP) is 5.43. The van der Waals surface area contributed by atoms with Crippen LogP contribution in [0.4, 0.5) is 11.6 Å². The first kappa shape index (κ1) is 21.0. The van der Waals surface area contributed by atoms with Crippen molar-refractivity contribution in [3.8, 4) is 22.4 Å². The van der Waals surface area contributed by atoms with E-state index in [1.807, 2.05) is 48.5 Å². The number of hydrogen-bond donors (Lipinski definition) is 2. The molecule has 7 nitrogen and oxygen atoms in total. The number of benzene rings is 3. The molecule has 0 bridgehead atoms. The zero-order chi connectivity index (χ0) is 23.9. The van der Waals surface area contributed by atoms with Crippen molar-refractivity contribution >= 4 is 49.8 Å². The molecule has 3 N–H and O–H groups in total. The minimum absolute atomic E-state index is 0.238. The Bertz CT molecular complexity index is 1720. The van der Waals surface area contributed by atoms with Crippen LogP contribution in [0.3, 0.4) is 0 Å². The van der Waals surface area contributed by atoms with Crippen molar-refractivity contribution in [3.05, 3.63) is 89.9 Å². The van der Waals surface area contributed by atoms with Gasteiger partial charge >= 0.3 is 5.88 Å². The SMILES string of the molecule is C[n+]1cc(NC(=O)c2sc3nc(-c4cccc5ccccc45)cc(-c4ccccc4)c3c2N)on1. The lowest BCUT2D eigenvalue weighted by molar-refractivity contribution is -0.739. The third kappa shape index (κ3) is 3.70. The Balaban J connectivity index is 1.57. The van der Waals surface area contributed by atoms with Crippen LogP contribution in [-0.4, -0.2) is 16.2 Å². The number of fused-ring (bicyclic) bond motifs is 2. The number of rotatable bonds is 4. The Labute approximate surface area is 204 Å².